The Morgan fingerprint density at radius 3 is 2.44 bits per heavy atom. The number of nitrogens with zero attached hydrogens (tertiary/aromatic N) is 2. The van der Waals surface area contributed by atoms with Crippen molar-refractivity contribution in [3.05, 3.63) is 75.4 Å². The van der Waals surface area contributed by atoms with Crippen molar-refractivity contribution in [3.8, 4) is 5.75 Å². The molecule has 5 rings (SSSR count). The van der Waals surface area contributed by atoms with Gasteiger partial charge in [-0.05, 0) is 76.6 Å². The van der Waals surface area contributed by atoms with E-state index in [-0.39, 0.29) is 48.1 Å². The predicted octanol–water partition coefficient (Wildman–Crippen LogP) is 0.726. The van der Waals surface area contributed by atoms with E-state index in [4.69, 9.17) is 5.73 Å². The van der Waals surface area contributed by atoms with Crippen molar-refractivity contribution in [2.45, 2.75) is 36.8 Å². The maximum absolute atomic E-state index is 14.0. The molecule has 7 N–H and O–H groups in total. The Kier molecular flexibility index (Phi) is 7.57. The number of hydrogen-bond acceptors (Lipinski definition) is 10. The average Bonchev–Trinajstić information content (AvgIpc) is 2.90. The number of likely N-dealkylation sites (N-methyl/N-ethyl adjacent to an activating group) is 2. The van der Waals surface area contributed by atoms with Gasteiger partial charge in [0.25, 0.3) is 5.91 Å². The van der Waals surface area contributed by atoms with Crippen molar-refractivity contribution in [2.75, 3.05) is 34.7 Å². The molecule has 1 unspecified atom stereocenters. The van der Waals surface area contributed by atoms with Crippen molar-refractivity contribution >= 4 is 23.4 Å². The van der Waals surface area contributed by atoms with E-state index >= 15 is 0 Å². The summed E-state index contributed by atoms with van der Waals surface area (Å²) in [6, 6.07) is 2.06. The number of hydrogen-bond donors (Lipinski definition) is 6. The number of aliphatic hydroxyl groups excluding tert-OH is 2. The maximum atomic E-state index is 14.0. The fraction of sp³-hybridized carbons (Fsp3) is 0.419. The van der Waals surface area contributed by atoms with Gasteiger partial charge >= 0.3 is 0 Å². The third kappa shape index (κ3) is 4.75. The molecule has 0 heterocycles. The molecule has 0 saturated carbocycles. The highest BCUT2D eigenvalue weighted by atomic mass is 16.3. The first kappa shape index (κ1) is 30.2. The number of carbonyl (C=O) groups is 4. The third-order valence-corrected chi connectivity index (χ3v) is 8.85. The van der Waals surface area contributed by atoms with Crippen LogP contribution in [0.5, 0.6) is 5.75 Å². The summed E-state index contributed by atoms with van der Waals surface area (Å²) in [5.74, 6) is -7.30. The topological polar surface area (TPSA) is 194 Å². The van der Waals surface area contributed by atoms with Gasteiger partial charge in [-0.25, -0.2) is 0 Å². The zero-order valence-corrected chi connectivity index (χ0v) is 24.4. The van der Waals surface area contributed by atoms with Gasteiger partial charge < -0.3 is 36.4 Å². The zero-order valence-electron chi connectivity index (χ0n) is 24.4. The maximum Gasteiger partial charge on any atom is 0.255 e. The minimum absolute atomic E-state index is 0.00705. The van der Waals surface area contributed by atoms with Crippen LogP contribution in [0.2, 0.25) is 0 Å². The molecule has 4 aliphatic carbocycles. The Balaban J connectivity index is 1.60. The van der Waals surface area contributed by atoms with Gasteiger partial charge in [0.1, 0.15) is 22.8 Å². The molecule has 5 atom stereocenters. The summed E-state index contributed by atoms with van der Waals surface area (Å²) < 4.78 is 0. The molecular formula is C31H36N4O8. The molecule has 4 aliphatic rings. The normalized spacial score (nSPS) is 28.5. The van der Waals surface area contributed by atoms with Gasteiger partial charge in [-0.1, -0.05) is 18.2 Å². The highest BCUT2D eigenvalue weighted by Gasteiger charge is 2.63. The molecule has 43 heavy (non-hydrogen) atoms. The van der Waals surface area contributed by atoms with Gasteiger partial charge in [0.2, 0.25) is 11.7 Å². The number of allylic oxidation sites excluding steroid dienone is 4. The molecule has 0 spiro atoms. The third-order valence-electron chi connectivity index (χ3n) is 8.85. The van der Waals surface area contributed by atoms with Crippen LogP contribution in [0, 0.1) is 11.8 Å². The molecule has 0 fully saturated rings. The minimum atomic E-state index is -2.69. The first-order chi connectivity index (χ1) is 20.2. The molecule has 1 aromatic rings. The molecule has 0 radical (unpaired) electrons. The molecule has 0 aliphatic heterocycles. The van der Waals surface area contributed by atoms with Gasteiger partial charge in [-0.15, -0.1) is 0 Å². The highest BCUT2D eigenvalue weighted by Crippen LogP contribution is 2.53. The first-order valence-corrected chi connectivity index (χ1v) is 14.0. The van der Waals surface area contributed by atoms with E-state index in [1.807, 2.05) is 18.2 Å². The van der Waals surface area contributed by atoms with Gasteiger partial charge in [-0.2, -0.15) is 0 Å². The Morgan fingerprint density at radius 1 is 1.12 bits per heavy atom. The smallest absolute Gasteiger partial charge is 0.255 e. The van der Waals surface area contributed by atoms with Crippen LogP contribution in [0.15, 0.2) is 58.7 Å². The van der Waals surface area contributed by atoms with E-state index in [1.54, 1.807) is 39.2 Å². The Morgan fingerprint density at radius 2 is 1.81 bits per heavy atom. The van der Waals surface area contributed by atoms with Gasteiger partial charge in [0, 0.05) is 23.1 Å². The van der Waals surface area contributed by atoms with Crippen molar-refractivity contribution in [1.29, 1.82) is 0 Å². The van der Waals surface area contributed by atoms with Crippen LogP contribution in [-0.2, 0) is 20.8 Å². The number of carbonyl (C=O) groups excluding carboxylic acids is 4. The number of nitrogens with two attached hydrogens (primary N) is 1. The van der Waals surface area contributed by atoms with Crippen LogP contribution < -0.4 is 11.1 Å². The predicted molar refractivity (Wildman–Crippen MR) is 155 cm³/mol. The standard InChI is InChI=1S/C31H36N4O8/c1-34(2)13-21(37)33-16-7-5-6-14(10-16)17-8-9-20(36)23-18(17)11-15-12-19-25(35(3)4)27(39)24(30(32)42)29(41)31(19,43)28(40)22(15)26(23)38/h5,7-10,14-15,19,25,36,39-40,43H,6,11-13H2,1-4H3,(H2,32,42)(H,33,37)/t14?,15-,19-,25-,31-/m0/s1. The molecule has 0 saturated heterocycles. The van der Waals surface area contributed by atoms with E-state index in [1.165, 1.54) is 11.0 Å². The second-order valence-corrected chi connectivity index (χ2v) is 12.1. The van der Waals surface area contributed by atoms with E-state index < -0.39 is 58.0 Å². The summed E-state index contributed by atoms with van der Waals surface area (Å²) >= 11 is 0. The number of aliphatic hydroxyl groups is 3. The van der Waals surface area contributed by atoms with E-state index in [9.17, 15) is 39.6 Å². The number of amides is 2. The summed E-state index contributed by atoms with van der Waals surface area (Å²) in [5.41, 5.74) is 3.53. The van der Waals surface area contributed by atoms with Crippen LogP contribution in [0.25, 0.3) is 0 Å². The zero-order chi connectivity index (χ0) is 31.5. The summed E-state index contributed by atoms with van der Waals surface area (Å²) in [6.07, 6.45) is 6.39. The monoisotopic (exact) mass is 592 g/mol. The second-order valence-electron chi connectivity index (χ2n) is 12.1. The van der Waals surface area contributed by atoms with Crippen LogP contribution in [-0.4, -0.2) is 100.0 Å². The summed E-state index contributed by atoms with van der Waals surface area (Å²) in [5, 5.41) is 47.9. The summed E-state index contributed by atoms with van der Waals surface area (Å²) in [6.45, 7) is 0.203. The lowest BCUT2D eigenvalue weighted by Gasteiger charge is -2.50. The van der Waals surface area contributed by atoms with Crippen LogP contribution in [0.1, 0.15) is 40.2 Å². The van der Waals surface area contributed by atoms with Gasteiger partial charge in [0.05, 0.1) is 18.2 Å². The SMILES string of the molecule is CN(C)CC(=O)NC1=CC(c2ccc(O)c3c2C[C@H]2C[C@H]4[C@H](N(C)C)C(O)=C(C(N)=O)C(=O)[C@@]4(O)C(O)=C2C3=O)CC=C1. The number of rotatable bonds is 6. The number of aromatic hydroxyl groups is 1. The lowest BCUT2D eigenvalue weighted by molar-refractivity contribution is -0.148. The number of phenols is 1. The van der Waals surface area contributed by atoms with Crippen LogP contribution >= 0.6 is 0 Å². The molecule has 0 aromatic heterocycles. The Bertz CT molecular complexity index is 1570. The quantitative estimate of drug-likeness (QED) is 0.256. The molecule has 0 bridgehead atoms. The first-order valence-electron chi connectivity index (χ1n) is 14.0. The molecule has 12 heteroatoms. The molecule has 12 nitrogen and oxygen atoms in total. The van der Waals surface area contributed by atoms with Crippen LogP contribution in [0.4, 0.5) is 0 Å². The number of fused-ring (bicyclic) bond motifs is 3. The fourth-order valence-electron chi connectivity index (χ4n) is 7.09. The number of primary amides is 1. The minimum Gasteiger partial charge on any atom is -0.510 e. The molecule has 2 amide bonds. The van der Waals surface area contributed by atoms with E-state index in [0.29, 0.717) is 17.7 Å². The number of ketones is 2. The molecule has 228 valence electrons. The second kappa shape index (κ2) is 10.8. The largest absolute Gasteiger partial charge is 0.510 e. The van der Waals surface area contributed by atoms with Crippen molar-refractivity contribution in [2.24, 2.45) is 17.6 Å². The fourth-order valence-corrected chi connectivity index (χ4v) is 7.09. The Hall–Kier alpha value is -4.26. The van der Waals surface area contributed by atoms with E-state index in [2.05, 4.69) is 5.32 Å². The summed E-state index contributed by atoms with van der Waals surface area (Å²) in [7, 11) is 6.75. The molecular weight excluding hydrogens is 556 g/mol. The number of phenolic OH excluding ortho intramolecular Hbond substituents is 1. The lowest BCUT2D eigenvalue weighted by atomic mass is 9.58. The number of benzene rings is 1. The number of Topliss-reactive ketones (excluding diaryl/α,β-unsaturated/α-hetero) is 2. The van der Waals surface area contributed by atoms with Crippen molar-refractivity contribution in [1.82, 2.24) is 15.1 Å². The van der Waals surface area contributed by atoms with Crippen LogP contribution in [0.3, 0.4) is 0 Å². The van der Waals surface area contributed by atoms with Gasteiger partial charge in [-0.3, -0.25) is 24.1 Å². The van der Waals surface area contributed by atoms with Crippen molar-refractivity contribution in [3.63, 3.8) is 0 Å². The van der Waals surface area contributed by atoms with Gasteiger partial charge in [0.15, 0.2) is 11.4 Å². The Labute approximate surface area is 248 Å². The van der Waals surface area contributed by atoms with Crippen molar-refractivity contribution < 1.29 is 39.6 Å². The average molecular weight is 593 g/mol. The van der Waals surface area contributed by atoms with E-state index in [0.717, 1.165) is 5.56 Å². The molecule has 1 aromatic carbocycles. The number of nitrogens with one attached hydrogen (secondary N) is 1. The highest BCUT2D eigenvalue weighted by molar-refractivity contribution is 6.24. The lowest BCUT2D eigenvalue weighted by Crippen LogP contribution is -2.63. The summed E-state index contributed by atoms with van der Waals surface area (Å²) in [4.78, 5) is 55.2.